The Morgan fingerprint density at radius 3 is 2.14 bits per heavy atom. The van der Waals surface area contributed by atoms with Crippen LogP contribution in [0.5, 0.6) is 23.8 Å². The first kappa shape index (κ1) is 24.6. The van der Waals surface area contributed by atoms with Gasteiger partial charge in [0.2, 0.25) is 0 Å². The van der Waals surface area contributed by atoms with E-state index in [-0.39, 0.29) is 30.2 Å². The Kier molecular flexibility index (Phi) is 7.37. The first-order valence-corrected chi connectivity index (χ1v) is 10.5. The summed E-state index contributed by atoms with van der Waals surface area (Å²) in [5.41, 5.74) is 0.775. The fourth-order valence-electron chi connectivity index (χ4n) is 2.97. The van der Waals surface area contributed by atoms with Crippen LogP contribution in [0.2, 0.25) is 0 Å². The van der Waals surface area contributed by atoms with Gasteiger partial charge in [-0.25, -0.2) is 24.9 Å². The second-order valence-corrected chi connectivity index (χ2v) is 7.39. The maximum Gasteiger partial charge on any atom is 0.419 e. The normalized spacial score (nSPS) is 11.2. The molecule has 0 amide bonds. The molecular formula is C23H19F3N6O4. The van der Waals surface area contributed by atoms with Gasteiger partial charge >= 0.3 is 18.2 Å². The number of aromatic nitrogens is 6. The highest BCUT2D eigenvalue weighted by atomic mass is 19.4. The largest absolute Gasteiger partial charge is 0.467 e. The van der Waals surface area contributed by atoms with Gasteiger partial charge in [0.1, 0.15) is 5.75 Å². The van der Waals surface area contributed by atoms with Crippen LogP contribution in [-0.2, 0) is 19.0 Å². The minimum Gasteiger partial charge on any atom is -0.467 e. The molecular weight excluding hydrogens is 481 g/mol. The molecule has 1 aromatic carbocycles. The molecule has 13 heteroatoms. The average Bonchev–Trinajstić information content (AvgIpc) is 2.87. The maximum absolute atomic E-state index is 12.6. The number of rotatable bonds is 9. The summed E-state index contributed by atoms with van der Waals surface area (Å²) in [7, 11) is 1.47. The van der Waals surface area contributed by atoms with Gasteiger partial charge in [0.25, 0.3) is 11.6 Å². The maximum atomic E-state index is 12.6. The van der Waals surface area contributed by atoms with Gasteiger partial charge in [0, 0.05) is 49.4 Å². The van der Waals surface area contributed by atoms with E-state index in [0.29, 0.717) is 36.5 Å². The first-order valence-electron chi connectivity index (χ1n) is 10.5. The number of aromatic amines is 1. The summed E-state index contributed by atoms with van der Waals surface area (Å²) in [4.78, 5) is 34.2. The van der Waals surface area contributed by atoms with Gasteiger partial charge in [0.15, 0.2) is 0 Å². The molecule has 4 rings (SSSR count). The zero-order valence-corrected chi connectivity index (χ0v) is 18.8. The van der Waals surface area contributed by atoms with Crippen molar-refractivity contribution in [2.24, 2.45) is 0 Å². The van der Waals surface area contributed by atoms with Crippen LogP contribution in [0, 0.1) is 0 Å². The third-order valence-electron chi connectivity index (χ3n) is 4.83. The molecule has 36 heavy (non-hydrogen) atoms. The Balaban J connectivity index is 1.27. The third-order valence-corrected chi connectivity index (χ3v) is 4.83. The van der Waals surface area contributed by atoms with Crippen molar-refractivity contribution in [3.8, 4) is 23.8 Å². The van der Waals surface area contributed by atoms with Gasteiger partial charge in [0.05, 0.1) is 19.3 Å². The summed E-state index contributed by atoms with van der Waals surface area (Å²) >= 11 is 0. The minimum atomic E-state index is -4.51. The number of ether oxygens (including phenoxy) is 3. The summed E-state index contributed by atoms with van der Waals surface area (Å²) in [6.45, 7) is 0.247. The van der Waals surface area contributed by atoms with Crippen molar-refractivity contribution in [1.82, 2.24) is 29.9 Å². The summed E-state index contributed by atoms with van der Waals surface area (Å²) in [6.07, 6.45) is 2.20. The fraction of sp³-hybridized carbons (Fsp3) is 0.217. The van der Waals surface area contributed by atoms with Crippen molar-refractivity contribution in [2.75, 3.05) is 13.7 Å². The molecule has 0 aliphatic carbocycles. The lowest BCUT2D eigenvalue weighted by atomic mass is 10.1. The minimum absolute atomic E-state index is 0.0918. The second kappa shape index (κ2) is 10.8. The number of hydrogen-bond acceptors (Lipinski definition) is 9. The molecule has 0 radical (unpaired) electrons. The monoisotopic (exact) mass is 500 g/mol. The zero-order chi connectivity index (χ0) is 25.5. The second-order valence-electron chi connectivity index (χ2n) is 7.39. The van der Waals surface area contributed by atoms with Crippen LogP contribution < -0.4 is 19.8 Å². The van der Waals surface area contributed by atoms with Crippen molar-refractivity contribution < 1.29 is 27.4 Å². The number of H-pyrrole nitrogens is 1. The Labute approximate surface area is 202 Å². The number of nitrogens with zero attached hydrogens (tertiary/aromatic N) is 5. The van der Waals surface area contributed by atoms with E-state index in [1.807, 2.05) is 0 Å². The summed E-state index contributed by atoms with van der Waals surface area (Å²) < 4.78 is 53.6. The molecule has 0 aliphatic rings. The smallest absolute Gasteiger partial charge is 0.419 e. The highest BCUT2D eigenvalue weighted by molar-refractivity contribution is 5.29. The van der Waals surface area contributed by atoms with Crippen LogP contribution in [0.1, 0.15) is 22.3 Å². The molecule has 3 aromatic heterocycles. The summed E-state index contributed by atoms with van der Waals surface area (Å²) in [5, 5.41) is 0. The highest BCUT2D eigenvalue weighted by Gasteiger charge is 2.31. The summed E-state index contributed by atoms with van der Waals surface area (Å²) in [6, 6.07) is 6.93. The highest BCUT2D eigenvalue weighted by Crippen LogP contribution is 2.28. The van der Waals surface area contributed by atoms with Crippen molar-refractivity contribution in [3.63, 3.8) is 0 Å². The van der Waals surface area contributed by atoms with Crippen LogP contribution >= 0.6 is 0 Å². The molecule has 0 aliphatic heterocycles. The molecule has 0 saturated carbocycles. The average molecular weight is 500 g/mol. The molecule has 1 N–H and O–H groups in total. The molecule has 4 aromatic rings. The Bertz CT molecular complexity index is 1340. The molecule has 0 spiro atoms. The van der Waals surface area contributed by atoms with E-state index < -0.39 is 11.7 Å². The van der Waals surface area contributed by atoms with Crippen LogP contribution in [-0.4, -0.2) is 43.6 Å². The van der Waals surface area contributed by atoms with Crippen LogP contribution in [0.25, 0.3) is 0 Å². The van der Waals surface area contributed by atoms with E-state index >= 15 is 0 Å². The SMILES string of the molecule is COc1ncc(Cc2cnc(OCCc3ccc(Oc4ncc(C(F)(F)F)cn4)cc3)[nH]c2=O)cn1. The van der Waals surface area contributed by atoms with E-state index in [2.05, 4.69) is 29.9 Å². The Hall–Kier alpha value is -4.55. The number of nitrogens with one attached hydrogen (secondary N) is 1. The lowest BCUT2D eigenvalue weighted by molar-refractivity contribution is -0.138. The molecule has 0 saturated heterocycles. The lowest BCUT2D eigenvalue weighted by Gasteiger charge is -2.08. The van der Waals surface area contributed by atoms with Crippen molar-refractivity contribution >= 4 is 0 Å². The Morgan fingerprint density at radius 2 is 1.53 bits per heavy atom. The standard InChI is InChI=1S/C23H19F3N6O4/c1-34-20-27-9-15(10-28-20)8-16-11-29-22(32-19(16)33)35-7-6-14-2-4-18(5-3-14)36-21-30-12-17(13-31-21)23(24,25)26/h2-5,9-13H,6-8H2,1H3,(H,29,32,33). The molecule has 10 nitrogen and oxygen atoms in total. The van der Waals surface area contributed by atoms with Gasteiger partial charge in [-0.2, -0.15) is 13.2 Å². The predicted molar refractivity (Wildman–Crippen MR) is 119 cm³/mol. The van der Waals surface area contributed by atoms with Gasteiger partial charge in [-0.3, -0.25) is 9.78 Å². The van der Waals surface area contributed by atoms with Gasteiger partial charge < -0.3 is 14.2 Å². The molecule has 3 heterocycles. The third kappa shape index (κ3) is 6.52. The Morgan fingerprint density at radius 1 is 0.861 bits per heavy atom. The van der Waals surface area contributed by atoms with E-state index in [4.69, 9.17) is 14.2 Å². The van der Waals surface area contributed by atoms with Gasteiger partial charge in [-0.1, -0.05) is 12.1 Å². The molecule has 186 valence electrons. The van der Waals surface area contributed by atoms with E-state index in [9.17, 15) is 18.0 Å². The predicted octanol–water partition coefficient (Wildman–Crippen LogP) is 3.38. The van der Waals surface area contributed by atoms with Gasteiger partial charge in [-0.15, -0.1) is 0 Å². The lowest BCUT2D eigenvalue weighted by Crippen LogP contribution is -2.16. The number of benzene rings is 1. The van der Waals surface area contributed by atoms with E-state index in [1.54, 1.807) is 36.7 Å². The summed E-state index contributed by atoms with van der Waals surface area (Å²) in [5.74, 6) is 0.364. The van der Waals surface area contributed by atoms with Crippen molar-refractivity contribution in [3.05, 3.63) is 87.9 Å². The van der Waals surface area contributed by atoms with Crippen molar-refractivity contribution in [1.29, 1.82) is 0 Å². The number of hydrogen-bond donors (Lipinski definition) is 1. The molecule has 0 atom stereocenters. The first-order chi connectivity index (χ1) is 17.3. The number of alkyl halides is 3. The van der Waals surface area contributed by atoms with Gasteiger partial charge in [-0.05, 0) is 23.3 Å². The molecule has 0 fully saturated rings. The van der Waals surface area contributed by atoms with E-state index in [0.717, 1.165) is 11.1 Å². The van der Waals surface area contributed by atoms with E-state index in [1.165, 1.54) is 13.3 Å². The zero-order valence-electron chi connectivity index (χ0n) is 18.8. The number of halogens is 3. The fourth-order valence-corrected chi connectivity index (χ4v) is 2.97. The molecule has 0 bridgehead atoms. The molecule has 0 unspecified atom stereocenters. The van der Waals surface area contributed by atoms with Crippen LogP contribution in [0.4, 0.5) is 13.2 Å². The number of methoxy groups -OCH3 is 1. The van der Waals surface area contributed by atoms with Crippen LogP contribution in [0.3, 0.4) is 0 Å². The van der Waals surface area contributed by atoms with Crippen LogP contribution in [0.15, 0.2) is 60.0 Å². The quantitative estimate of drug-likeness (QED) is 0.368. The topological polar surface area (TPSA) is 125 Å². The van der Waals surface area contributed by atoms with Crippen molar-refractivity contribution in [2.45, 2.75) is 19.0 Å².